The molecule has 0 atom stereocenters. The van der Waals surface area contributed by atoms with Crippen LogP contribution >= 0.6 is 0 Å². The van der Waals surface area contributed by atoms with E-state index in [1.807, 2.05) is 19.0 Å². The van der Waals surface area contributed by atoms with E-state index >= 15 is 0 Å². The summed E-state index contributed by atoms with van der Waals surface area (Å²) in [5, 5.41) is 6.55. The van der Waals surface area contributed by atoms with Gasteiger partial charge < -0.3 is 28.8 Å². The second-order valence-electron chi connectivity index (χ2n) is 6.58. The molecule has 0 radical (unpaired) electrons. The van der Waals surface area contributed by atoms with E-state index in [1.54, 1.807) is 17.0 Å². The molecule has 1 aliphatic heterocycles. The molecule has 0 bridgehead atoms. The van der Waals surface area contributed by atoms with Gasteiger partial charge in [0.1, 0.15) is 0 Å². The van der Waals surface area contributed by atoms with Crippen LogP contribution in [0.3, 0.4) is 0 Å². The fraction of sp³-hybridized carbons (Fsp3) is 0.389. The van der Waals surface area contributed by atoms with Crippen LogP contribution in [0.2, 0.25) is 0 Å². The minimum absolute atomic E-state index is 0.127. The van der Waals surface area contributed by atoms with Crippen molar-refractivity contribution in [3.8, 4) is 11.5 Å². The highest BCUT2D eigenvalue weighted by Gasteiger charge is 2.19. The Bertz CT molecular complexity index is 965. The summed E-state index contributed by atoms with van der Waals surface area (Å²) >= 11 is 0. The molecule has 3 aromatic rings. The zero-order valence-electron chi connectivity index (χ0n) is 16.2. The molecule has 1 saturated heterocycles. The van der Waals surface area contributed by atoms with Crippen molar-refractivity contribution in [2.45, 2.75) is 6.54 Å². The second-order valence-corrected chi connectivity index (χ2v) is 6.58. The number of nitrogens with one attached hydrogen (secondary N) is 1. The van der Waals surface area contributed by atoms with Crippen molar-refractivity contribution in [1.82, 2.24) is 25.4 Å². The molecule has 0 saturated carbocycles. The number of carbonyl (C=O) groups is 1. The molecule has 0 spiro atoms. The summed E-state index contributed by atoms with van der Waals surface area (Å²) < 4.78 is 15.8. The maximum absolute atomic E-state index is 12.4. The Labute approximate surface area is 166 Å². The normalized spacial score (nSPS) is 14.1. The number of nitrogens with zero attached hydrogens (tertiary/aromatic N) is 6. The van der Waals surface area contributed by atoms with E-state index < -0.39 is 5.91 Å². The number of aromatic nitrogens is 4. The number of hydrogen-bond acceptors (Lipinski definition) is 10. The lowest BCUT2D eigenvalue weighted by Crippen LogP contribution is -2.38. The molecule has 1 N–H and O–H groups in total. The van der Waals surface area contributed by atoms with E-state index in [2.05, 4.69) is 25.4 Å². The smallest absolute Gasteiger partial charge is 0.273 e. The molecule has 1 aliphatic rings. The maximum atomic E-state index is 12.4. The Balaban J connectivity index is 1.47. The Kier molecular flexibility index (Phi) is 5.38. The first-order chi connectivity index (χ1) is 14.1. The number of amides is 1. The number of rotatable bonds is 6. The number of hydrogen-bond donors (Lipinski definition) is 1. The van der Waals surface area contributed by atoms with Crippen LogP contribution in [0.1, 0.15) is 16.3 Å². The summed E-state index contributed by atoms with van der Waals surface area (Å²) in [6, 6.07) is 4.97. The molecule has 11 nitrogen and oxygen atoms in total. The molecule has 0 aliphatic carbocycles. The van der Waals surface area contributed by atoms with Crippen molar-refractivity contribution in [3.05, 3.63) is 36.0 Å². The third kappa shape index (κ3) is 4.35. The van der Waals surface area contributed by atoms with Crippen molar-refractivity contribution < 1.29 is 18.5 Å². The Morgan fingerprint density at radius 1 is 1.21 bits per heavy atom. The van der Waals surface area contributed by atoms with Gasteiger partial charge in [-0.25, -0.2) is 0 Å². The lowest BCUT2D eigenvalue weighted by atomic mass is 10.3. The number of morpholine rings is 1. The van der Waals surface area contributed by atoms with Gasteiger partial charge in [0.25, 0.3) is 5.91 Å². The Hall–Kier alpha value is -3.47. The number of ether oxygens (including phenoxy) is 1. The van der Waals surface area contributed by atoms with E-state index in [9.17, 15) is 4.79 Å². The monoisotopic (exact) mass is 399 g/mol. The third-order valence-electron chi connectivity index (χ3n) is 4.27. The van der Waals surface area contributed by atoms with Crippen molar-refractivity contribution >= 4 is 17.8 Å². The first-order valence-corrected chi connectivity index (χ1v) is 9.14. The first kappa shape index (κ1) is 18.9. The van der Waals surface area contributed by atoms with Gasteiger partial charge in [-0.15, -0.1) is 0 Å². The summed E-state index contributed by atoms with van der Waals surface area (Å²) in [4.78, 5) is 29.7. The molecule has 4 rings (SSSR count). The van der Waals surface area contributed by atoms with Crippen molar-refractivity contribution in [1.29, 1.82) is 0 Å². The Morgan fingerprint density at radius 3 is 2.76 bits per heavy atom. The van der Waals surface area contributed by atoms with Crippen molar-refractivity contribution in [3.63, 3.8) is 0 Å². The second kappa shape index (κ2) is 8.27. The van der Waals surface area contributed by atoms with Gasteiger partial charge in [0.15, 0.2) is 17.3 Å². The number of furan rings is 1. The van der Waals surface area contributed by atoms with Gasteiger partial charge in [-0.05, 0) is 12.1 Å². The fourth-order valence-corrected chi connectivity index (χ4v) is 2.75. The topological polar surface area (TPSA) is 123 Å². The summed E-state index contributed by atoms with van der Waals surface area (Å²) in [5.41, 5.74) is 0.145. The molecule has 4 heterocycles. The standard InChI is InChI=1S/C18H21N7O4/c1-24(2)17-20-15(21-18(22-17)25-5-8-27-9-6-25)11-19-16(26)12-10-14(29-23-12)13-4-3-7-28-13/h3-4,7,10H,5-6,8-9,11H2,1-2H3,(H,19,26). The molecular weight excluding hydrogens is 378 g/mol. The molecule has 1 fully saturated rings. The molecule has 0 unspecified atom stereocenters. The van der Waals surface area contributed by atoms with Gasteiger partial charge in [0, 0.05) is 33.3 Å². The predicted molar refractivity (Wildman–Crippen MR) is 103 cm³/mol. The van der Waals surface area contributed by atoms with Crippen LogP contribution in [0.4, 0.5) is 11.9 Å². The molecule has 0 aromatic carbocycles. The number of carbonyl (C=O) groups excluding carboxylic acids is 1. The molecule has 152 valence electrons. The summed E-state index contributed by atoms with van der Waals surface area (Å²) in [6.45, 7) is 2.79. The summed E-state index contributed by atoms with van der Waals surface area (Å²) in [5.74, 6) is 2.02. The van der Waals surface area contributed by atoms with E-state index in [0.717, 1.165) is 0 Å². The summed E-state index contributed by atoms with van der Waals surface area (Å²) in [6.07, 6.45) is 1.52. The van der Waals surface area contributed by atoms with Crippen LogP contribution in [0.5, 0.6) is 0 Å². The van der Waals surface area contributed by atoms with Crippen LogP contribution in [-0.4, -0.2) is 66.4 Å². The van der Waals surface area contributed by atoms with Gasteiger partial charge >= 0.3 is 0 Å². The highest BCUT2D eigenvalue weighted by Crippen LogP contribution is 2.20. The van der Waals surface area contributed by atoms with Crippen molar-refractivity contribution in [2.24, 2.45) is 0 Å². The minimum Gasteiger partial charge on any atom is -0.461 e. The highest BCUT2D eigenvalue weighted by molar-refractivity contribution is 5.92. The lowest BCUT2D eigenvalue weighted by Gasteiger charge is -2.27. The van der Waals surface area contributed by atoms with E-state index in [4.69, 9.17) is 13.7 Å². The quantitative estimate of drug-likeness (QED) is 0.641. The van der Waals surface area contributed by atoms with Crippen LogP contribution in [0.15, 0.2) is 33.4 Å². The van der Waals surface area contributed by atoms with Gasteiger partial charge in [0.2, 0.25) is 17.7 Å². The van der Waals surface area contributed by atoms with Crippen LogP contribution in [-0.2, 0) is 11.3 Å². The summed E-state index contributed by atoms with van der Waals surface area (Å²) in [7, 11) is 3.71. The zero-order valence-corrected chi connectivity index (χ0v) is 16.2. The molecule has 11 heteroatoms. The van der Waals surface area contributed by atoms with Gasteiger partial charge in [-0.2, -0.15) is 15.0 Å². The van der Waals surface area contributed by atoms with Crippen molar-refractivity contribution in [2.75, 3.05) is 50.2 Å². The van der Waals surface area contributed by atoms with Gasteiger partial charge in [-0.3, -0.25) is 4.79 Å². The van der Waals surface area contributed by atoms with Gasteiger partial charge in [0.05, 0.1) is 26.0 Å². The van der Waals surface area contributed by atoms with E-state index in [-0.39, 0.29) is 12.2 Å². The SMILES string of the molecule is CN(C)c1nc(CNC(=O)c2cc(-c3ccco3)on2)nc(N2CCOCC2)n1. The first-order valence-electron chi connectivity index (χ1n) is 9.14. The maximum Gasteiger partial charge on any atom is 0.273 e. The fourth-order valence-electron chi connectivity index (χ4n) is 2.75. The lowest BCUT2D eigenvalue weighted by molar-refractivity contribution is 0.0941. The molecule has 3 aromatic heterocycles. The van der Waals surface area contributed by atoms with Crippen LogP contribution in [0, 0.1) is 0 Å². The van der Waals surface area contributed by atoms with E-state index in [0.29, 0.717) is 55.5 Å². The average molecular weight is 399 g/mol. The van der Waals surface area contributed by atoms with Gasteiger partial charge in [-0.1, -0.05) is 5.16 Å². The molecule has 29 heavy (non-hydrogen) atoms. The Morgan fingerprint density at radius 2 is 2.03 bits per heavy atom. The van der Waals surface area contributed by atoms with E-state index in [1.165, 1.54) is 12.3 Å². The molecular formula is C18H21N7O4. The highest BCUT2D eigenvalue weighted by atomic mass is 16.5. The van der Waals surface area contributed by atoms with Crippen LogP contribution < -0.4 is 15.1 Å². The molecule has 1 amide bonds. The zero-order chi connectivity index (χ0) is 20.2. The largest absolute Gasteiger partial charge is 0.461 e. The predicted octanol–water partition coefficient (Wildman–Crippen LogP) is 0.952. The average Bonchev–Trinajstić information content (AvgIpc) is 3.44. The number of anilines is 2. The third-order valence-corrected chi connectivity index (χ3v) is 4.27. The van der Waals surface area contributed by atoms with Crippen LogP contribution in [0.25, 0.3) is 11.5 Å². The minimum atomic E-state index is -0.397.